The van der Waals surface area contributed by atoms with E-state index >= 15 is 0 Å². The zero-order valence-electron chi connectivity index (χ0n) is 16.3. The van der Waals surface area contributed by atoms with E-state index in [1.54, 1.807) is 0 Å². The lowest BCUT2D eigenvalue weighted by Crippen LogP contribution is -2.21. The fraction of sp³-hybridized carbons (Fsp3) is 0.360. The zero-order chi connectivity index (χ0) is 18.8. The number of aromatic nitrogens is 2. The predicted octanol–water partition coefficient (Wildman–Crippen LogP) is 5.97. The van der Waals surface area contributed by atoms with Gasteiger partial charge in [0.05, 0.1) is 5.69 Å². The average molecular weight is 370 g/mol. The van der Waals surface area contributed by atoms with Crippen LogP contribution in [0.15, 0.2) is 60.8 Å². The van der Waals surface area contributed by atoms with E-state index in [1.807, 2.05) is 6.20 Å². The minimum Gasteiger partial charge on any atom is -0.351 e. The van der Waals surface area contributed by atoms with Crippen LogP contribution in [0.3, 0.4) is 0 Å². The van der Waals surface area contributed by atoms with Gasteiger partial charge in [-0.3, -0.25) is 0 Å². The van der Waals surface area contributed by atoms with Crippen molar-refractivity contribution >= 4 is 5.95 Å². The Morgan fingerprint density at radius 1 is 0.821 bits per heavy atom. The van der Waals surface area contributed by atoms with Crippen LogP contribution in [0, 0.1) is 0 Å². The molecule has 142 valence electrons. The molecule has 1 atom stereocenters. The molecular weight excluding hydrogens is 342 g/mol. The Morgan fingerprint density at radius 3 is 2.39 bits per heavy atom. The van der Waals surface area contributed by atoms with Crippen molar-refractivity contribution in [1.82, 2.24) is 9.97 Å². The number of nitrogens with zero attached hydrogens (tertiary/aromatic N) is 2. The third-order valence-corrected chi connectivity index (χ3v) is 6.27. The van der Waals surface area contributed by atoms with Crippen LogP contribution in [0.2, 0.25) is 0 Å². The van der Waals surface area contributed by atoms with Gasteiger partial charge in [0.1, 0.15) is 0 Å². The molecule has 1 aromatic heterocycles. The van der Waals surface area contributed by atoms with Gasteiger partial charge in [-0.05, 0) is 36.0 Å². The first-order valence-corrected chi connectivity index (χ1v) is 10.7. The molecule has 0 saturated heterocycles. The SMILES string of the molecule is c1ccc(C2Cc3cnc(NC4CCCCCC4)nc3-c3ccccc32)cc1. The number of nitrogens with one attached hydrogen (secondary N) is 1. The summed E-state index contributed by atoms with van der Waals surface area (Å²) in [6.45, 7) is 0. The third-order valence-electron chi connectivity index (χ3n) is 6.27. The van der Waals surface area contributed by atoms with Crippen molar-refractivity contribution < 1.29 is 0 Å². The van der Waals surface area contributed by atoms with Gasteiger partial charge in [-0.2, -0.15) is 0 Å². The molecule has 28 heavy (non-hydrogen) atoms. The number of rotatable bonds is 3. The van der Waals surface area contributed by atoms with Crippen molar-refractivity contribution in [2.75, 3.05) is 5.32 Å². The van der Waals surface area contributed by atoms with Crippen molar-refractivity contribution in [2.24, 2.45) is 0 Å². The molecule has 2 aliphatic rings. The molecule has 0 spiro atoms. The first kappa shape index (κ1) is 17.4. The summed E-state index contributed by atoms with van der Waals surface area (Å²) in [5.74, 6) is 1.16. The van der Waals surface area contributed by atoms with E-state index in [4.69, 9.17) is 9.97 Å². The van der Waals surface area contributed by atoms with Crippen LogP contribution >= 0.6 is 0 Å². The Hall–Kier alpha value is -2.68. The zero-order valence-corrected chi connectivity index (χ0v) is 16.3. The van der Waals surface area contributed by atoms with Gasteiger partial charge in [-0.1, -0.05) is 80.3 Å². The van der Waals surface area contributed by atoms with E-state index < -0.39 is 0 Å². The summed E-state index contributed by atoms with van der Waals surface area (Å²) < 4.78 is 0. The largest absolute Gasteiger partial charge is 0.351 e. The molecule has 1 fully saturated rings. The van der Waals surface area contributed by atoms with E-state index in [-0.39, 0.29) is 0 Å². The van der Waals surface area contributed by atoms with Crippen LogP contribution in [0.4, 0.5) is 5.95 Å². The number of benzene rings is 2. The van der Waals surface area contributed by atoms with Crippen LogP contribution in [-0.4, -0.2) is 16.0 Å². The van der Waals surface area contributed by atoms with Gasteiger partial charge >= 0.3 is 0 Å². The first-order chi connectivity index (χ1) is 13.9. The van der Waals surface area contributed by atoms with Gasteiger partial charge in [0, 0.05) is 23.7 Å². The second-order valence-corrected chi connectivity index (χ2v) is 8.15. The second-order valence-electron chi connectivity index (χ2n) is 8.15. The third kappa shape index (κ3) is 3.42. The van der Waals surface area contributed by atoms with Crippen LogP contribution < -0.4 is 5.32 Å². The topological polar surface area (TPSA) is 37.8 Å². The standard InChI is InChI=1S/C25H27N3/c1-2-7-13-20(12-6-1)27-25-26-17-19-16-23(18-10-4-3-5-11-18)21-14-8-9-15-22(21)24(19)28-25/h3-5,8-11,14-15,17,20,23H,1-2,6-7,12-13,16H2,(H,26,27,28). The molecule has 0 aliphatic heterocycles. The van der Waals surface area contributed by atoms with Crippen molar-refractivity contribution in [3.8, 4) is 11.3 Å². The van der Waals surface area contributed by atoms with Crippen molar-refractivity contribution in [3.63, 3.8) is 0 Å². The minimum atomic E-state index is 0.370. The number of hydrogen-bond donors (Lipinski definition) is 1. The summed E-state index contributed by atoms with van der Waals surface area (Å²) in [6, 6.07) is 20.1. The molecule has 1 unspecified atom stereocenters. The Bertz CT molecular complexity index is 943. The van der Waals surface area contributed by atoms with Gasteiger partial charge in [-0.15, -0.1) is 0 Å². The Balaban J connectivity index is 1.49. The fourth-order valence-corrected chi connectivity index (χ4v) is 4.79. The molecule has 2 aromatic carbocycles. The molecule has 0 bridgehead atoms. The lowest BCUT2D eigenvalue weighted by molar-refractivity contribution is 0.614. The summed E-state index contributed by atoms with van der Waals surface area (Å²) in [6.07, 6.45) is 10.8. The Labute approximate surface area is 167 Å². The molecule has 3 heteroatoms. The average Bonchev–Trinajstić information content (AvgIpc) is 3.02. The number of anilines is 1. The molecule has 3 aromatic rings. The summed E-state index contributed by atoms with van der Waals surface area (Å²) >= 11 is 0. The van der Waals surface area contributed by atoms with Gasteiger partial charge in [0.25, 0.3) is 0 Å². The molecule has 1 saturated carbocycles. The summed E-state index contributed by atoms with van der Waals surface area (Å²) in [5.41, 5.74) is 6.35. The molecule has 2 aliphatic carbocycles. The quantitative estimate of drug-likeness (QED) is 0.578. The van der Waals surface area contributed by atoms with Crippen LogP contribution in [-0.2, 0) is 6.42 Å². The minimum absolute atomic E-state index is 0.370. The molecule has 1 heterocycles. The maximum Gasteiger partial charge on any atom is 0.223 e. The summed E-state index contributed by atoms with van der Waals surface area (Å²) in [4.78, 5) is 9.68. The lowest BCUT2D eigenvalue weighted by atomic mass is 9.78. The molecule has 3 nitrogen and oxygen atoms in total. The van der Waals surface area contributed by atoms with E-state index in [1.165, 1.54) is 60.8 Å². The van der Waals surface area contributed by atoms with Gasteiger partial charge in [0.15, 0.2) is 0 Å². The second kappa shape index (κ2) is 7.75. The van der Waals surface area contributed by atoms with E-state index in [0.29, 0.717) is 12.0 Å². The van der Waals surface area contributed by atoms with E-state index in [0.717, 1.165) is 18.1 Å². The molecule has 0 amide bonds. The first-order valence-electron chi connectivity index (χ1n) is 10.7. The van der Waals surface area contributed by atoms with Gasteiger partial charge in [0.2, 0.25) is 5.95 Å². The van der Waals surface area contributed by atoms with Crippen molar-refractivity contribution in [1.29, 1.82) is 0 Å². The van der Waals surface area contributed by atoms with E-state index in [2.05, 4.69) is 59.9 Å². The highest BCUT2D eigenvalue weighted by Crippen LogP contribution is 2.41. The summed E-state index contributed by atoms with van der Waals surface area (Å²) in [7, 11) is 0. The highest BCUT2D eigenvalue weighted by molar-refractivity contribution is 5.72. The van der Waals surface area contributed by atoms with Crippen LogP contribution in [0.5, 0.6) is 0 Å². The van der Waals surface area contributed by atoms with Crippen LogP contribution in [0.25, 0.3) is 11.3 Å². The highest BCUT2D eigenvalue weighted by atomic mass is 15.1. The maximum atomic E-state index is 4.99. The van der Waals surface area contributed by atoms with Gasteiger partial charge < -0.3 is 5.32 Å². The predicted molar refractivity (Wildman–Crippen MR) is 115 cm³/mol. The van der Waals surface area contributed by atoms with Gasteiger partial charge in [-0.25, -0.2) is 9.97 Å². The van der Waals surface area contributed by atoms with Crippen molar-refractivity contribution in [2.45, 2.75) is 56.9 Å². The molecule has 5 rings (SSSR count). The smallest absolute Gasteiger partial charge is 0.223 e. The molecule has 1 N–H and O–H groups in total. The monoisotopic (exact) mass is 369 g/mol. The van der Waals surface area contributed by atoms with Crippen LogP contribution in [0.1, 0.15) is 61.1 Å². The Kier molecular flexibility index (Phi) is 4.82. The number of hydrogen-bond acceptors (Lipinski definition) is 3. The maximum absolute atomic E-state index is 4.99. The fourth-order valence-electron chi connectivity index (χ4n) is 4.79. The lowest BCUT2D eigenvalue weighted by Gasteiger charge is -2.28. The highest BCUT2D eigenvalue weighted by Gasteiger charge is 2.27. The molecule has 0 radical (unpaired) electrons. The number of fused-ring (bicyclic) bond motifs is 3. The van der Waals surface area contributed by atoms with Crippen molar-refractivity contribution in [3.05, 3.63) is 77.5 Å². The Morgan fingerprint density at radius 2 is 1.57 bits per heavy atom. The summed E-state index contributed by atoms with van der Waals surface area (Å²) in [5, 5.41) is 3.62. The normalized spacial score (nSPS) is 19.4. The molecular formula is C25H27N3. The van der Waals surface area contributed by atoms with E-state index in [9.17, 15) is 0 Å².